The van der Waals surface area contributed by atoms with Gasteiger partial charge in [-0.25, -0.2) is 4.79 Å². The van der Waals surface area contributed by atoms with Crippen molar-refractivity contribution in [3.63, 3.8) is 0 Å². The topological polar surface area (TPSA) is 105 Å². The maximum absolute atomic E-state index is 12.6. The molecule has 0 unspecified atom stereocenters. The number of amides is 1. The molecule has 0 aromatic heterocycles. The Balaban J connectivity index is 1.91. The second-order valence-corrected chi connectivity index (χ2v) is 7.09. The quantitative estimate of drug-likeness (QED) is 0.744. The van der Waals surface area contributed by atoms with Crippen molar-refractivity contribution in [2.75, 3.05) is 32.1 Å². The molecule has 2 N–H and O–H groups in total. The standard InChI is InChI=1S/C19H22N2O6/c1-19(2)9-14(23)12-8-11(4-5-15(12)27-19)20-16-13(18(25)26-3)10-21(6-7-22)17(16)24/h4-5,8,20,22H,6-7,9-10H2,1-3H3. The summed E-state index contributed by atoms with van der Waals surface area (Å²) in [4.78, 5) is 38.4. The van der Waals surface area contributed by atoms with Gasteiger partial charge in [-0.2, -0.15) is 0 Å². The van der Waals surface area contributed by atoms with E-state index in [4.69, 9.17) is 14.6 Å². The third-order valence-electron chi connectivity index (χ3n) is 4.48. The van der Waals surface area contributed by atoms with Gasteiger partial charge in [0.25, 0.3) is 5.91 Å². The monoisotopic (exact) mass is 374 g/mol. The number of β-amino-alcohol motifs (C(OH)–C–C–N with tert-alkyl or cyclic N) is 1. The predicted molar refractivity (Wildman–Crippen MR) is 96.4 cm³/mol. The zero-order valence-electron chi connectivity index (χ0n) is 15.5. The predicted octanol–water partition coefficient (Wildman–Crippen LogP) is 1.10. The van der Waals surface area contributed by atoms with Gasteiger partial charge in [0, 0.05) is 12.2 Å². The molecule has 0 saturated heterocycles. The van der Waals surface area contributed by atoms with Crippen LogP contribution < -0.4 is 10.1 Å². The van der Waals surface area contributed by atoms with Crippen LogP contribution in [0.3, 0.4) is 0 Å². The third kappa shape index (κ3) is 3.66. The first kappa shape index (κ1) is 18.9. The minimum absolute atomic E-state index is 0.0493. The average molecular weight is 374 g/mol. The number of rotatable bonds is 5. The molecule has 1 aromatic rings. The highest BCUT2D eigenvalue weighted by Gasteiger charge is 2.35. The van der Waals surface area contributed by atoms with E-state index in [1.807, 2.05) is 13.8 Å². The normalized spacial score (nSPS) is 18.3. The number of aliphatic hydroxyl groups is 1. The summed E-state index contributed by atoms with van der Waals surface area (Å²) < 4.78 is 10.6. The lowest BCUT2D eigenvalue weighted by molar-refractivity contribution is -0.136. The molecule has 2 heterocycles. The Morgan fingerprint density at radius 3 is 2.78 bits per heavy atom. The molecule has 0 aliphatic carbocycles. The van der Waals surface area contributed by atoms with E-state index in [2.05, 4.69) is 5.32 Å². The van der Waals surface area contributed by atoms with Gasteiger partial charge in [-0.1, -0.05) is 0 Å². The lowest BCUT2D eigenvalue weighted by Crippen LogP contribution is -2.35. The molecule has 0 saturated carbocycles. The summed E-state index contributed by atoms with van der Waals surface area (Å²) in [7, 11) is 1.24. The molecule has 0 bridgehead atoms. The molecule has 0 spiro atoms. The van der Waals surface area contributed by atoms with Crippen LogP contribution in [0.5, 0.6) is 5.75 Å². The Hall–Kier alpha value is -2.87. The first-order valence-corrected chi connectivity index (χ1v) is 8.60. The molecule has 0 atom stereocenters. The maximum atomic E-state index is 12.6. The summed E-state index contributed by atoms with van der Waals surface area (Å²) in [5, 5.41) is 12.0. The van der Waals surface area contributed by atoms with Crippen LogP contribution >= 0.6 is 0 Å². The molecule has 0 radical (unpaired) electrons. The second kappa shape index (κ2) is 7.03. The van der Waals surface area contributed by atoms with Gasteiger partial charge in [0.15, 0.2) is 5.78 Å². The molecule has 27 heavy (non-hydrogen) atoms. The van der Waals surface area contributed by atoms with E-state index in [1.54, 1.807) is 18.2 Å². The SMILES string of the molecule is COC(=O)C1=C(Nc2ccc3c(c2)C(=O)CC(C)(C)O3)C(=O)N(CCO)C1. The summed E-state index contributed by atoms with van der Waals surface area (Å²) in [5.74, 6) is -0.591. The molecule has 8 nitrogen and oxygen atoms in total. The average Bonchev–Trinajstić information content (AvgIpc) is 2.91. The highest BCUT2D eigenvalue weighted by molar-refractivity contribution is 6.09. The van der Waals surface area contributed by atoms with E-state index >= 15 is 0 Å². The number of ketones is 1. The van der Waals surface area contributed by atoms with E-state index in [-0.39, 0.29) is 43.2 Å². The summed E-state index contributed by atoms with van der Waals surface area (Å²) in [5.41, 5.74) is 0.613. The lowest BCUT2D eigenvalue weighted by Gasteiger charge is -2.31. The van der Waals surface area contributed by atoms with Crippen LogP contribution in [0.2, 0.25) is 0 Å². The fraction of sp³-hybridized carbons (Fsp3) is 0.421. The first-order chi connectivity index (χ1) is 12.8. The van der Waals surface area contributed by atoms with Crippen molar-refractivity contribution in [2.24, 2.45) is 0 Å². The molecule has 3 rings (SSSR count). The maximum Gasteiger partial charge on any atom is 0.337 e. The van der Waals surface area contributed by atoms with Gasteiger partial charge in [-0.05, 0) is 32.0 Å². The van der Waals surface area contributed by atoms with Gasteiger partial charge < -0.3 is 24.8 Å². The number of esters is 1. The summed E-state index contributed by atoms with van der Waals surface area (Å²) in [6.07, 6.45) is 0.253. The van der Waals surface area contributed by atoms with Crippen molar-refractivity contribution < 1.29 is 29.0 Å². The molecule has 1 amide bonds. The molecule has 144 valence electrons. The number of aliphatic hydroxyl groups excluding tert-OH is 1. The largest absolute Gasteiger partial charge is 0.487 e. The number of hydrogen-bond donors (Lipinski definition) is 2. The fourth-order valence-electron chi connectivity index (χ4n) is 3.22. The molecular weight excluding hydrogens is 352 g/mol. The minimum atomic E-state index is -0.620. The van der Waals surface area contributed by atoms with Crippen LogP contribution in [-0.2, 0) is 14.3 Å². The number of benzene rings is 1. The first-order valence-electron chi connectivity index (χ1n) is 8.60. The van der Waals surface area contributed by atoms with Crippen LogP contribution in [0.1, 0.15) is 30.6 Å². The molecule has 1 aromatic carbocycles. The number of nitrogens with zero attached hydrogens (tertiary/aromatic N) is 1. The smallest absolute Gasteiger partial charge is 0.337 e. The highest BCUT2D eigenvalue weighted by Crippen LogP contribution is 2.35. The third-order valence-corrected chi connectivity index (χ3v) is 4.48. The Kier molecular flexibility index (Phi) is 4.93. The van der Waals surface area contributed by atoms with Crippen LogP contribution in [0.15, 0.2) is 29.5 Å². The van der Waals surface area contributed by atoms with Crippen molar-refractivity contribution in [3.05, 3.63) is 35.0 Å². The number of nitrogens with one attached hydrogen (secondary N) is 1. The van der Waals surface area contributed by atoms with Crippen LogP contribution in [0, 0.1) is 0 Å². The Morgan fingerprint density at radius 2 is 2.11 bits per heavy atom. The van der Waals surface area contributed by atoms with Crippen molar-refractivity contribution in [3.8, 4) is 5.75 Å². The van der Waals surface area contributed by atoms with E-state index < -0.39 is 17.5 Å². The zero-order chi connectivity index (χ0) is 19.8. The molecule has 0 fully saturated rings. The van der Waals surface area contributed by atoms with Crippen LogP contribution in [0.25, 0.3) is 0 Å². The van der Waals surface area contributed by atoms with Gasteiger partial charge in [0.1, 0.15) is 17.0 Å². The number of fused-ring (bicyclic) bond motifs is 1. The Morgan fingerprint density at radius 1 is 1.37 bits per heavy atom. The highest BCUT2D eigenvalue weighted by atomic mass is 16.5. The fourth-order valence-corrected chi connectivity index (χ4v) is 3.22. The van der Waals surface area contributed by atoms with Crippen LogP contribution in [0.4, 0.5) is 5.69 Å². The number of hydrogen-bond acceptors (Lipinski definition) is 7. The Bertz CT molecular complexity index is 843. The number of ether oxygens (including phenoxy) is 2. The number of Topliss-reactive ketones (excluding diaryl/α,β-unsaturated/α-hetero) is 1. The van der Waals surface area contributed by atoms with Crippen molar-refractivity contribution in [2.45, 2.75) is 25.9 Å². The summed E-state index contributed by atoms with van der Waals surface area (Å²) in [6, 6.07) is 4.95. The van der Waals surface area contributed by atoms with Gasteiger partial charge >= 0.3 is 5.97 Å². The zero-order valence-corrected chi connectivity index (χ0v) is 15.5. The van der Waals surface area contributed by atoms with Gasteiger partial charge in [0.2, 0.25) is 0 Å². The van der Waals surface area contributed by atoms with Crippen molar-refractivity contribution in [1.29, 1.82) is 0 Å². The summed E-state index contributed by atoms with van der Waals surface area (Å²) in [6.45, 7) is 3.64. The molecular formula is C19H22N2O6. The minimum Gasteiger partial charge on any atom is -0.487 e. The lowest BCUT2D eigenvalue weighted by atomic mass is 9.93. The summed E-state index contributed by atoms with van der Waals surface area (Å²) >= 11 is 0. The number of carbonyl (C=O) groups excluding carboxylic acids is 3. The van der Waals surface area contributed by atoms with Crippen molar-refractivity contribution in [1.82, 2.24) is 4.90 Å². The van der Waals surface area contributed by atoms with Crippen molar-refractivity contribution >= 4 is 23.3 Å². The van der Waals surface area contributed by atoms with Gasteiger partial charge in [0.05, 0.1) is 37.8 Å². The molecule has 2 aliphatic heterocycles. The second-order valence-electron chi connectivity index (χ2n) is 7.09. The van der Waals surface area contributed by atoms with E-state index in [9.17, 15) is 14.4 Å². The number of methoxy groups -OCH3 is 1. The molecule has 2 aliphatic rings. The van der Waals surface area contributed by atoms with E-state index in [0.29, 0.717) is 17.0 Å². The van der Waals surface area contributed by atoms with E-state index in [1.165, 1.54) is 12.0 Å². The van der Waals surface area contributed by atoms with Gasteiger partial charge in [-0.15, -0.1) is 0 Å². The van der Waals surface area contributed by atoms with Gasteiger partial charge in [-0.3, -0.25) is 9.59 Å². The van der Waals surface area contributed by atoms with E-state index in [0.717, 1.165) is 0 Å². The van der Waals surface area contributed by atoms with Crippen LogP contribution in [-0.4, -0.2) is 60.1 Å². The number of anilines is 1. The molecule has 8 heteroatoms. The Labute approximate surface area is 156 Å². The number of carbonyl (C=O) groups is 3.